The van der Waals surface area contributed by atoms with Crippen LogP contribution in [0.25, 0.3) is 11.1 Å². The number of benzene rings is 4. The molecule has 29 heavy (non-hydrogen) atoms. The van der Waals surface area contributed by atoms with Gasteiger partial charge in [0.2, 0.25) is 0 Å². The van der Waals surface area contributed by atoms with E-state index in [1.807, 2.05) is 12.1 Å². The average molecular weight is 377 g/mol. The Hall–Kier alpha value is -3.52. The minimum atomic E-state index is -0.452. The molecule has 0 saturated heterocycles. The van der Waals surface area contributed by atoms with Gasteiger partial charge in [0.05, 0.1) is 5.41 Å². The molecule has 1 aliphatic carbocycles. The average Bonchev–Trinajstić information content (AvgIpc) is 3.04. The molecular weight excluding hydrogens is 352 g/mol. The fourth-order valence-electron chi connectivity index (χ4n) is 5.08. The number of anilines is 2. The summed E-state index contributed by atoms with van der Waals surface area (Å²) >= 11 is 0. The highest BCUT2D eigenvalue weighted by Crippen LogP contribution is 2.57. The first kappa shape index (κ1) is 17.6. The van der Waals surface area contributed by atoms with Crippen LogP contribution in [0.5, 0.6) is 0 Å². The monoisotopic (exact) mass is 376 g/mol. The summed E-state index contributed by atoms with van der Waals surface area (Å²) in [5.41, 5.74) is 23.7. The van der Waals surface area contributed by atoms with Crippen molar-refractivity contribution in [2.45, 2.75) is 19.3 Å². The molecule has 4 aromatic carbocycles. The van der Waals surface area contributed by atoms with Crippen molar-refractivity contribution in [3.05, 3.63) is 118 Å². The molecule has 0 unspecified atom stereocenters. The van der Waals surface area contributed by atoms with Crippen LogP contribution in [0.15, 0.2) is 84.9 Å². The Bertz CT molecular complexity index is 1150. The van der Waals surface area contributed by atoms with Crippen molar-refractivity contribution >= 4 is 11.4 Å². The lowest BCUT2D eigenvalue weighted by Gasteiger charge is -2.36. The smallest absolute Gasteiger partial charge is 0.0720 e. The molecule has 0 aromatic heterocycles. The van der Waals surface area contributed by atoms with Crippen LogP contribution in [-0.4, -0.2) is 0 Å². The van der Waals surface area contributed by atoms with E-state index in [0.717, 1.165) is 22.5 Å². The standard InChI is InChI=1S/C27H24N2/c1-17-21(13-7-15-25(17)28)27(22-14-8-16-26(29)18(22)2)23-11-5-3-9-19(23)20-10-4-6-12-24(20)27/h3-16H,28-29H2,1-2H3. The first-order valence-electron chi connectivity index (χ1n) is 9.97. The summed E-state index contributed by atoms with van der Waals surface area (Å²) in [5, 5.41) is 0. The van der Waals surface area contributed by atoms with Crippen molar-refractivity contribution in [1.29, 1.82) is 0 Å². The number of fused-ring (bicyclic) bond motifs is 3. The molecule has 142 valence electrons. The SMILES string of the molecule is Cc1c(N)cccc1C1(c2cccc(N)c2C)c2ccccc2-c2ccccc21. The predicted molar refractivity (Wildman–Crippen MR) is 122 cm³/mol. The van der Waals surface area contributed by atoms with Gasteiger partial charge in [0, 0.05) is 11.4 Å². The van der Waals surface area contributed by atoms with Gasteiger partial charge >= 0.3 is 0 Å². The van der Waals surface area contributed by atoms with Gasteiger partial charge in [0.1, 0.15) is 0 Å². The number of nitrogens with two attached hydrogens (primary N) is 2. The molecule has 0 atom stereocenters. The second-order valence-electron chi connectivity index (χ2n) is 7.88. The van der Waals surface area contributed by atoms with Crippen LogP contribution >= 0.6 is 0 Å². The van der Waals surface area contributed by atoms with Crippen LogP contribution in [-0.2, 0) is 5.41 Å². The highest BCUT2D eigenvalue weighted by atomic mass is 14.6. The molecule has 0 saturated carbocycles. The summed E-state index contributed by atoms with van der Waals surface area (Å²) in [6.07, 6.45) is 0. The highest BCUT2D eigenvalue weighted by molar-refractivity contribution is 5.87. The van der Waals surface area contributed by atoms with E-state index in [4.69, 9.17) is 11.5 Å². The molecule has 0 spiro atoms. The Morgan fingerprint density at radius 2 is 0.862 bits per heavy atom. The van der Waals surface area contributed by atoms with Crippen LogP contribution in [0.3, 0.4) is 0 Å². The van der Waals surface area contributed by atoms with Gasteiger partial charge in [-0.15, -0.1) is 0 Å². The molecule has 0 bridgehead atoms. The Balaban J connectivity index is 2.04. The van der Waals surface area contributed by atoms with Crippen LogP contribution in [0.2, 0.25) is 0 Å². The molecule has 1 aliphatic rings. The second kappa shape index (κ2) is 6.25. The van der Waals surface area contributed by atoms with E-state index in [1.165, 1.54) is 33.4 Å². The molecule has 4 aromatic rings. The van der Waals surface area contributed by atoms with E-state index in [2.05, 4.69) is 86.6 Å². The zero-order chi connectivity index (χ0) is 20.2. The summed E-state index contributed by atoms with van der Waals surface area (Å²) in [4.78, 5) is 0. The van der Waals surface area contributed by atoms with Gasteiger partial charge in [0.15, 0.2) is 0 Å². The second-order valence-corrected chi connectivity index (χ2v) is 7.88. The van der Waals surface area contributed by atoms with Crippen molar-refractivity contribution < 1.29 is 0 Å². The molecule has 2 heteroatoms. The first-order valence-corrected chi connectivity index (χ1v) is 9.97. The van der Waals surface area contributed by atoms with E-state index in [1.54, 1.807) is 0 Å². The number of rotatable bonds is 2. The van der Waals surface area contributed by atoms with Gasteiger partial charge in [-0.3, -0.25) is 0 Å². The van der Waals surface area contributed by atoms with Crippen LogP contribution in [0.1, 0.15) is 33.4 Å². The quantitative estimate of drug-likeness (QED) is 0.381. The van der Waals surface area contributed by atoms with Gasteiger partial charge in [-0.2, -0.15) is 0 Å². The summed E-state index contributed by atoms with van der Waals surface area (Å²) in [6.45, 7) is 4.25. The van der Waals surface area contributed by atoms with Crippen LogP contribution in [0.4, 0.5) is 11.4 Å². The fourth-order valence-corrected chi connectivity index (χ4v) is 5.08. The molecule has 2 nitrogen and oxygen atoms in total. The van der Waals surface area contributed by atoms with Crippen molar-refractivity contribution in [3.63, 3.8) is 0 Å². The maximum absolute atomic E-state index is 6.41. The van der Waals surface area contributed by atoms with Gasteiger partial charge < -0.3 is 11.5 Å². The lowest BCUT2D eigenvalue weighted by Crippen LogP contribution is -2.31. The van der Waals surface area contributed by atoms with E-state index in [0.29, 0.717) is 0 Å². The largest absolute Gasteiger partial charge is 0.399 e. The van der Waals surface area contributed by atoms with Gasteiger partial charge in [-0.05, 0) is 70.5 Å². The summed E-state index contributed by atoms with van der Waals surface area (Å²) in [7, 11) is 0. The van der Waals surface area contributed by atoms with E-state index < -0.39 is 5.41 Å². The molecule has 0 fully saturated rings. The van der Waals surface area contributed by atoms with E-state index in [-0.39, 0.29) is 0 Å². The van der Waals surface area contributed by atoms with Crippen molar-refractivity contribution in [2.24, 2.45) is 0 Å². The van der Waals surface area contributed by atoms with Gasteiger partial charge in [-0.25, -0.2) is 0 Å². The first-order chi connectivity index (χ1) is 14.1. The maximum atomic E-state index is 6.41. The summed E-state index contributed by atoms with van der Waals surface area (Å²) in [6, 6.07) is 29.9. The lowest BCUT2D eigenvalue weighted by molar-refractivity contribution is 0.755. The summed E-state index contributed by atoms with van der Waals surface area (Å²) < 4.78 is 0. The molecular formula is C27H24N2. The third-order valence-electron chi connectivity index (χ3n) is 6.51. The topological polar surface area (TPSA) is 52.0 Å². The van der Waals surface area contributed by atoms with Crippen molar-refractivity contribution in [3.8, 4) is 11.1 Å². The maximum Gasteiger partial charge on any atom is 0.0720 e. The van der Waals surface area contributed by atoms with Gasteiger partial charge in [0.25, 0.3) is 0 Å². The van der Waals surface area contributed by atoms with Crippen LogP contribution < -0.4 is 11.5 Å². The minimum Gasteiger partial charge on any atom is -0.399 e. The van der Waals surface area contributed by atoms with E-state index in [9.17, 15) is 0 Å². The molecule has 4 N–H and O–H groups in total. The Labute approximate surface area is 171 Å². The third kappa shape index (κ3) is 2.23. The predicted octanol–water partition coefficient (Wildman–Crippen LogP) is 5.83. The fraction of sp³-hybridized carbons (Fsp3) is 0.111. The Kier molecular flexibility index (Phi) is 3.78. The molecule has 0 aliphatic heterocycles. The van der Waals surface area contributed by atoms with Crippen LogP contribution in [0, 0.1) is 13.8 Å². The van der Waals surface area contributed by atoms with Crippen molar-refractivity contribution in [1.82, 2.24) is 0 Å². The number of nitrogen functional groups attached to an aromatic ring is 2. The minimum absolute atomic E-state index is 0.452. The lowest BCUT2D eigenvalue weighted by atomic mass is 9.65. The Morgan fingerprint density at radius 1 is 0.483 bits per heavy atom. The zero-order valence-electron chi connectivity index (χ0n) is 16.7. The molecule has 5 rings (SSSR count). The third-order valence-corrected chi connectivity index (χ3v) is 6.51. The van der Waals surface area contributed by atoms with E-state index >= 15 is 0 Å². The zero-order valence-corrected chi connectivity index (χ0v) is 16.7. The van der Waals surface area contributed by atoms with Crippen molar-refractivity contribution in [2.75, 3.05) is 11.5 Å². The van der Waals surface area contributed by atoms with Gasteiger partial charge in [-0.1, -0.05) is 72.8 Å². The summed E-state index contributed by atoms with van der Waals surface area (Å²) in [5.74, 6) is 0. The molecule has 0 heterocycles. The molecule has 0 amide bonds. The highest BCUT2D eigenvalue weighted by Gasteiger charge is 2.47. The Morgan fingerprint density at radius 3 is 1.31 bits per heavy atom. The normalized spacial score (nSPS) is 13.7. The number of hydrogen-bond donors (Lipinski definition) is 2. The molecule has 0 radical (unpaired) electrons. The number of hydrogen-bond acceptors (Lipinski definition) is 2.